The van der Waals surface area contributed by atoms with Crippen LogP contribution in [0.3, 0.4) is 0 Å². The fourth-order valence-electron chi connectivity index (χ4n) is 2.49. The molecule has 1 aromatic heterocycles. The van der Waals surface area contributed by atoms with Crippen LogP contribution in [0.1, 0.15) is 23.0 Å². The Morgan fingerprint density at radius 3 is 2.38 bits per heavy atom. The molecule has 0 spiro atoms. The van der Waals surface area contributed by atoms with Crippen molar-refractivity contribution >= 4 is 34.3 Å². The molecule has 3 rings (SSSR count). The van der Waals surface area contributed by atoms with E-state index in [-0.39, 0.29) is 25.0 Å². The van der Waals surface area contributed by atoms with Crippen LogP contribution in [0.15, 0.2) is 60.0 Å². The minimum absolute atomic E-state index is 0.0312. The van der Waals surface area contributed by atoms with Crippen LogP contribution in [0, 0.1) is 0 Å². The van der Waals surface area contributed by atoms with Gasteiger partial charge in [0.2, 0.25) is 5.91 Å². The van der Waals surface area contributed by atoms with Gasteiger partial charge in [0.25, 0.3) is 5.91 Å². The second-order valence-electron chi connectivity index (χ2n) is 6.11. The first-order chi connectivity index (χ1) is 14.0. The van der Waals surface area contributed by atoms with E-state index >= 15 is 0 Å². The second-order valence-corrected chi connectivity index (χ2v) is 6.97. The molecule has 0 saturated carbocycles. The van der Waals surface area contributed by atoms with Crippen LogP contribution < -0.4 is 10.6 Å². The summed E-state index contributed by atoms with van der Waals surface area (Å²) in [5, 5.41) is 7.22. The van der Waals surface area contributed by atoms with Crippen LogP contribution in [-0.4, -0.2) is 29.3 Å². The molecule has 29 heavy (non-hydrogen) atoms. The lowest BCUT2D eigenvalue weighted by atomic mass is 10.0. The quantitative estimate of drug-likeness (QED) is 0.584. The van der Waals surface area contributed by atoms with Gasteiger partial charge in [0.15, 0.2) is 5.13 Å². The molecule has 0 aliphatic rings. The molecule has 3 aromatic rings. The molecule has 8 heteroatoms. The van der Waals surface area contributed by atoms with E-state index in [0.29, 0.717) is 16.4 Å². The Morgan fingerprint density at radius 2 is 1.69 bits per heavy atom. The molecule has 0 fully saturated rings. The molecule has 2 N–H and O–H groups in total. The summed E-state index contributed by atoms with van der Waals surface area (Å²) < 4.78 is 5.09. The maximum absolute atomic E-state index is 12.2. The van der Waals surface area contributed by atoms with Gasteiger partial charge in [0.1, 0.15) is 13.2 Å². The Morgan fingerprint density at radius 1 is 1.00 bits per heavy atom. The molecule has 0 aliphatic carbocycles. The van der Waals surface area contributed by atoms with Gasteiger partial charge in [-0.1, -0.05) is 42.5 Å². The summed E-state index contributed by atoms with van der Waals surface area (Å²) in [5.41, 5.74) is 3.04. The molecule has 2 aromatic carbocycles. The first-order valence-electron chi connectivity index (χ1n) is 8.82. The van der Waals surface area contributed by atoms with Crippen molar-refractivity contribution in [1.29, 1.82) is 0 Å². The Balaban J connectivity index is 1.45. The zero-order valence-corrected chi connectivity index (χ0v) is 16.5. The largest absolute Gasteiger partial charge is 0.458 e. The van der Waals surface area contributed by atoms with Crippen LogP contribution in [0.4, 0.5) is 5.13 Å². The van der Waals surface area contributed by atoms with Gasteiger partial charge in [0, 0.05) is 17.9 Å². The highest BCUT2D eigenvalue weighted by atomic mass is 32.1. The van der Waals surface area contributed by atoms with Crippen LogP contribution in [0.2, 0.25) is 0 Å². The van der Waals surface area contributed by atoms with E-state index in [1.807, 2.05) is 42.5 Å². The number of carbonyl (C=O) groups excluding carboxylic acids is 3. The van der Waals surface area contributed by atoms with Crippen molar-refractivity contribution in [3.05, 3.63) is 71.2 Å². The van der Waals surface area contributed by atoms with Crippen molar-refractivity contribution in [2.75, 3.05) is 11.9 Å². The Hall–Kier alpha value is -3.52. The molecule has 0 bridgehead atoms. The molecule has 148 valence electrons. The number of aromatic nitrogens is 1. The summed E-state index contributed by atoms with van der Waals surface area (Å²) >= 11 is 1.24. The summed E-state index contributed by atoms with van der Waals surface area (Å²) in [7, 11) is 0. The van der Waals surface area contributed by atoms with Crippen molar-refractivity contribution in [3.63, 3.8) is 0 Å². The van der Waals surface area contributed by atoms with Gasteiger partial charge in [-0.2, -0.15) is 0 Å². The Bertz CT molecular complexity index is 1000. The average Bonchev–Trinajstić information content (AvgIpc) is 3.18. The number of hydrogen-bond acceptors (Lipinski definition) is 6. The summed E-state index contributed by atoms with van der Waals surface area (Å²) in [6.07, 6.45) is 0. The molecule has 0 radical (unpaired) electrons. The summed E-state index contributed by atoms with van der Waals surface area (Å²) in [6, 6.07) is 17.0. The molecule has 0 unspecified atom stereocenters. The fourth-order valence-corrected chi connectivity index (χ4v) is 3.23. The number of benzene rings is 2. The molecule has 0 saturated heterocycles. The molecule has 0 aliphatic heterocycles. The van der Waals surface area contributed by atoms with Crippen LogP contribution in [0.25, 0.3) is 11.1 Å². The number of nitrogens with zero attached hydrogens (tertiary/aromatic N) is 1. The molecule has 1 heterocycles. The third-order valence-corrected chi connectivity index (χ3v) is 4.67. The van der Waals surface area contributed by atoms with E-state index in [9.17, 15) is 14.4 Å². The number of ether oxygens (including phenoxy) is 1. The molecular weight excluding hydrogens is 390 g/mol. The highest BCUT2D eigenvalue weighted by Crippen LogP contribution is 2.19. The third kappa shape index (κ3) is 5.98. The number of esters is 1. The summed E-state index contributed by atoms with van der Waals surface area (Å²) in [4.78, 5) is 39.1. The molecule has 0 atom stereocenters. The number of nitrogens with one attached hydrogen (secondary N) is 2. The zero-order valence-electron chi connectivity index (χ0n) is 15.7. The number of rotatable bonds is 7. The smallest absolute Gasteiger partial charge is 0.325 e. The third-order valence-electron chi connectivity index (χ3n) is 3.86. The van der Waals surface area contributed by atoms with Gasteiger partial charge in [-0.3, -0.25) is 14.4 Å². The number of amides is 2. The fraction of sp³-hybridized carbons (Fsp3) is 0.143. The SMILES string of the molecule is CC(=O)Nc1nc(COC(=O)CNC(=O)c2ccc(-c3ccccc3)cc2)cs1. The van der Waals surface area contributed by atoms with Gasteiger partial charge < -0.3 is 15.4 Å². The van der Waals surface area contributed by atoms with Crippen LogP contribution in [-0.2, 0) is 20.9 Å². The van der Waals surface area contributed by atoms with Gasteiger partial charge in [0.05, 0.1) is 5.69 Å². The van der Waals surface area contributed by atoms with Crippen molar-refractivity contribution in [2.45, 2.75) is 13.5 Å². The topological polar surface area (TPSA) is 97.4 Å². The normalized spacial score (nSPS) is 10.2. The molecular formula is C21H19N3O4S. The minimum Gasteiger partial charge on any atom is -0.458 e. The lowest BCUT2D eigenvalue weighted by Crippen LogP contribution is -2.30. The van der Waals surface area contributed by atoms with Gasteiger partial charge >= 0.3 is 5.97 Å². The van der Waals surface area contributed by atoms with Crippen molar-refractivity contribution in [1.82, 2.24) is 10.3 Å². The van der Waals surface area contributed by atoms with Crippen LogP contribution in [0.5, 0.6) is 0 Å². The van der Waals surface area contributed by atoms with E-state index in [1.54, 1.807) is 17.5 Å². The predicted octanol–water partition coefficient (Wildman–Crippen LogP) is 3.24. The monoisotopic (exact) mass is 409 g/mol. The minimum atomic E-state index is -0.576. The lowest BCUT2D eigenvalue weighted by Gasteiger charge is -2.07. The predicted molar refractivity (Wildman–Crippen MR) is 110 cm³/mol. The molecule has 7 nitrogen and oxygen atoms in total. The Labute approximate surface area is 171 Å². The first-order valence-corrected chi connectivity index (χ1v) is 9.70. The average molecular weight is 409 g/mol. The van der Waals surface area contributed by atoms with E-state index in [4.69, 9.17) is 4.74 Å². The first kappa shape index (κ1) is 20.2. The number of thiazole rings is 1. The van der Waals surface area contributed by atoms with Crippen molar-refractivity contribution in [2.24, 2.45) is 0 Å². The molecule has 2 amide bonds. The van der Waals surface area contributed by atoms with Crippen molar-refractivity contribution < 1.29 is 19.1 Å². The maximum Gasteiger partial charge on any atom is 0.325 e. The standard InChI is InChI=1S/C21H19N3O4S/c1-14(25)23-21-24-18(13-29-21)12-28-19(26)11-22-20(27)17-9-7-16(8-10-17)15-5-3-2-4-6-15/h2-10,13H,11-12H2,1H3,(H,22,27)(H,23,24,25). The number of hydrogen-bond donors (Lipinski definition) is 2. The maximum atomic E-state index is 12.2. The number of anilines is 1. The summed E-state index contributed by atoms with van der Waals surface area (Å²) in [5.74, 6) is -1.15. The van der Waals surface area contributed by atoms with E-state index in [2.05, 4.69) is 15.6 Å². The van der Waals surface area contributed by atoms with Gasteiger partial charge in [-0.15, -0.1) is 11.3 Å². The van der Waals surface area contributed by atoms with Gasteiger partial charge in [-0.25, -0.2) is 4.98 Å². The van der Waals surface area contributed by atoms with E-state index < -0.39 is 5.97 Å². The van der Waals surface area contributed by atoms with Gasteiger partial charge in [-0.05, 0) is 23.3 Å². The Kier molecular flexibility index (Phi) is 6.70. The van der Waals surface area contributed by atoms with E-state index in [0.717, 1.165) is 11.1 Å². The lowest BCUT2D eigenvalue weighted by molar-refractivity contribution is -0.143. The second kappa shape index (κ2) is 9.61. The van der Waals surface area contributed by atoms with Crippen molar-refractivity contribution in [3.8, 4) is 11.1 Å². The van der Waals surface area contributed by atoms with Crippen LogP contribution >= 0.6 is 11.3 Å². The highest BCUT2D eigenvalue weighted by Gasteiger charge is 2.11. The highest BCUT2D eigenvalue weighted by molar-refractivity contribution is 7.13. The summed E-state index contributed by atoms with van der Waals surface area (Å²) in [6.45, 7) is 1.11. The number of carbonyl (C=O) groups is 3. The zero-order chi connectivity index (χ0) is 20.6. The van der Waals surface area contributed by atoms with E-state index in [1.165, 1.54) is 18.3 Å².